The third-order valence-electron chi connectivity index (χ3n) is 6.31. The molecule has 0 N–H and O–H groups in total. The van der Waals surface area contributed by atoms with Crippen LogP contribution in [0.25, 0.3) is 11.1 Å². The summed E-state index contributed by atoms with van der Waals surface area (Å²) in [4.78, 5) is 4.19. The van der Waals surface area contributed by atoms with Crippen molar-refractivity contribution >= 4 is 11.6 Å². The highest BCUT2D eigenvalue weighted by Crippen LogP contribution is 2.39. The van der Waals surface area contributed by atoms with Gasteiger partial charge in [0.1, 0.15) is 5.15 Å². The van der Waals surface area contributed by atoms with E-state index in [1.165, 1.54) is 62.5 Å². The Kier molecular flexibility index (Phi) is 7.14. The Morgan fingerprint density at radius 3 is 2.27 bits per heavy atom. The van der Waals surface area contributed by atoms with Crippen LogP contribution in [0, 0.1) is 11.8 Å². The van der Waals surface area contributed by atoms with E-state index in [4.69, 9.17) is 11.6 Å². The topological polar surface area (TPSA) is 12.9 Å². The van der Waals surface area contributed by atoms with E-state index >= 15 is 0 Å². The van der Waals surface area contributed by atoms with Gasteiger partial charge in [-0.3, -0.25) is 0 Å². The van der Waals surface area contributed by atoms with Crippen molar-refractivity contribution in [3.05, 3.63) is 53.3 Å². The highest BCUT2D eigenvalue weighted by Gasteiger charge is 2.25. The summed E-state index contributed by atoms with van der Waals surface area (Å²) in [7, 11) is 0. The lowest BCUT2D eigenvalue weighted by molar-refractivity contribution is 0.236. The molecule has 2 aromatic rings. The molecule has 0 saturated heterocycles. The minimum Gasteiger partial charge on any atom is -0.244 e. The van der Waals surface area contributed by atoms with Gasteiger partial charge in [0.05, 0.1) is 0 Å². The molecule has 0 aliphatic heterocycles. The number of halogens is 1. The van der Waals surface area contributed by atoms with Gasteiger partial charge in [-0.25, -0.2) is 4.98 Å². The van der Waals surface area contributed by atoms with Crippen molar-refractivity contribution in [1.82, 2.24) is 4.98 Å². The van der Waals surface area contributed by atoms with Crippen molar-refractivity contribution in [1.29, 1.82) is 0 Å². The van der Waals surface area contributed by atoms with Gasteiger partial charge in [-0.15, -0.1) is 0 Å². The predicted octanol–water partition coefficient (Wildman–Crippen LogP) is 7.89. The molecule has 1 unspecified atom stereocenters. The van der Waals surface area contributed by atoms with E-state index in [0.717, 1.165) is 17.4 Å². The number of hydrogen-bond donors (Lipinski definition) is 0. The van der Waals surface area contributed by atoms with Gasteiger partial charge < -0.3 is 0 Å². The molecule has 1 nitrogen and oxygen atoms in total. The first-order valence-corrected chi connectivity index (χ1v) is 10.8. The third kappa shape index (κ3) is 5.10. The lowest BCUT2D eigenvalue weighted by Gasteiger charge is -2.32. The minimum absolute atomic E-state index is 0.546. The Hall–Kier alpha value is -1.34. The van der Waals surface area contributed by atoms with E-state index in [1.54, 1.807) is 0 Å². The number of pyridine rings is 1. The zero-order valence-electron chi connectivity index (χ0n) is 16.3. The van der Waals surface area contributed by atoms with Crippen LogP contribution in [-0.4, -0.2) is 4.98 Å². The largest absolute Gasteiger partial charge is 0.244 e. The molecule has 0 bridgehead atoms. The molecule has 1 aliphatic rings. The van der Waals surface area contributed by atoms with Gasteiger partial charge in [0.15, 0.2) is 0 Å². The summed E-state index contributed by atoms with van der Waals surface area (Å²) >= 11 is 5.89. The van der Waals surface area contributed by atoms with Crippen molar-refractivity contribution in [3.8, 4) is 11.1 Å². The molecule has 0 spiro atoms. The van der Waals surface area contributed by atoms with Gasteiger partial charge in [0.25, 0.3) is 0 Å². The number of hydrogen-bond acceptors (Lipinski definition) is 1. The Labute approximate surface area is 164 Å². The molecule has 140 valence electrons. The molecule has 26 heavy (non-hydrogen) atoms. The fraction of sp³-hybridized carbons (Fsp3) is 0.542. The highest BCUT2D eigenvalue weighted by molar-refractivity contribution is 6.29. The number of benzene rings is 1. The molecule has 2 heteroatoms. The number of aromatic nitrogens is 1. The van der Waals surface area contributed by atoms with Gasteiger partial charge in [0, 0.05) is 11.8 Å². The standard InChI is InChI=1S/C24H32ClN/c1-3-4-5-6-19-7-9-20(10-8-19)18(2)21-11-13-22(14-12-21)23-15-16-24(25)26-17-23/h11-20H,3-10H2,1-2H3. The maximum absolute atomic E-state index is 5.89. The SMILES string of the molecule is CCCCCC1CCC(C(C)c2ccc(-c3ccc(Cl)nc3)cc2)CC1. The van der Waals surface area contributed by atoms with Crippen LogP contribution in [0.3, 0.4) is 0 Å². The third-order valence-corrected chi connectivity index (χ3v) is 6.54. The second-order valence-electron chi connectivity index (χ2n) is 8.06. The van der Waals surface area contributed by atoms with E-state index in [9.17, 15) is 0 Å². The molecule has 1 aromatic heterocycles. The second-order valence-corrected chi connectivity index (χ2v) is 8.44. The summed E-state index contributed by atoms with van der Waals surface area (Å²) in [5, 5.41) is 0.546. The quantitative estimate of drug-likeness (QED) is 0.357. The molecule has 0 amide bonds. The van der Waals surface area contributed by atoms with Crippen molar-refractivity contribution in [2.75, 3.05) is 0 Å². The first kappa shape index (κ1) is 19.4. The zero-order valence-corrected chi connectivity index (χ0v) is 17.0. The van der Waals surface area contributed by atoms with Crippen molar-refractivity contribution < 1.29 is 0 Å². The Morgan fingerprint density at radius 2 is 1.65 bits per heavy atom. The maximum Gasteiger partial charge on any atom is 0.129 e. The van der Waals surface area contributed by atoms with Crippen LogP contribution in [0.4, 0.5) is 0 Å². The Morgan fingerprint density at radius 1 is 0.962 bits per heavy atom. The van der Waals surface area contributed by atoms with E-state index in [2.05, 4.69) is 43.1 Å². The fourth-order valence-corrected chi connectivity index (χ4v) is 4.57. The molecule has 1 aliphatic carbocycles. The van der Waals surface area contributed by atoms with Crippen LogP contribution < -0.4 is 0 Å². The van der Waals surface area contributed by atoms with Crippen LogP contribution in [0.5, 0.6) is 0 Å². The lowest BCUT2D eigenvalue weighted by Crippen LogP contribution is -2.19. The molecule has 1 atom stereocenters. The second kappa shape index (κ2) is 9.55. The van der Waals surface area contributed by atoms with Crippen LogP contribution in [0.2, 0.25) is 5.15 Å². The van der Waals surface area contributed by atoms with Crippen LogP contribution in [0.15, 0.2) is 42.6 Å². The van der Waals surface area contributed by atoms with E-state index in [1.807, 2.05) is 18.3 Å². The van der Waals surface area contributed by atoms with Gasteiger partial charge in [-0.1, -0.05) is 88.2 Å². The van der Waals surface area contributed by atoms with E-state index in [0.29, 0.717) is 11.1 Å². The Balaban J connectivity index is 1.55. The van der Waals surface area contributed by atoms with Gasteiger partial charge in [0.2, 0.25) is 0 Å². The summed E-state index contributed by atoms with van der Waals surface area (Å²) in [6, 6.07) is 13.0. The number of unbranched alkanes of at least 4 members (excludes halogenated alkanes) is 2. The lowest BCUT2D eigenvalue weighted by atomic mass is 9.73. The molecule has 1 heterocycles. The number of nitrogens with zero attached hydrogens (tertiary/aromatic N) is 1. The molecule has 1 fully saturated rings. The molecular formula is C24H32ClN. The highest BCUT2D eigenvalue weighted by atomic mass is 35.5. The molecule has 3 rings (SSSR count). The first-order valence-electron chi connectivity index (χ1n) is 10.4. The van der Waals surface area contributed by atoms with Gasteiger partial charge in [-0.05, 0) is 53.9 Å². The molecular weight excluding hydrogens is 338 g/mol. The monoisotopic (exact) mass is 369 g/mol. The van der Waals surface area contributed by atoms with Crippen molar-refractivity contribution in [2.24, 2.45) is 11.8 Å². The van der Waals surface area contributed by atoms with Crippen LogP contribution >= 0.6 is 11.6 Å². The van der Waals surface area contributed by atoms with Crippen molar-refractivity contribution in [2.45, 2.75) is 71.1 Å². The van der Waals surface area contributed by atoms with Crippen LogP contribution in [-0.2, 0) is 0 Å². The summed E-state index contributed by atoms with van der Waals surface area (Å²) < 4.78 is 0. The Bertz CT molecular complexity index is 654. The first-order chi connectivity index (χ1) is 12.7. The predicted molar refractivity (Wildman–Crippen MR) is 113 cm³/mol. The minimum atomic E-state index is 0.546. The molecule has 0 radical (unpaired) electrons. The maximum atomic E-state index is 5.89. The summed E-state index contributed by atoms with van der Waals surface area (Å²) in [6.07, 6.45) is 13.2. The number of rotatable bonds is 7. The average Bonchev–Trinajstić information content (AvgIpc) is 2.69. The molecule has 1 aromatic carbocycles. The van der Waals surface area contributed by atoms with Crippen molar-refractivity contribution in [3.63, 3.8) is 0 Å². The fourth-order valence-electron chi connectivity index (χ4n) is 4.46. The summed E-state index contributed by atoms with van der Waals surface area (Å²) in [6.45, 7) is 4.72. The average molecular weight is 370 g/mol. The summed E-state index contributed by atoms with van der Waals surface area (Å²) in [5.74, 6) is 2.49. The smallest absolute Gasteiger partial charge is 0.129 e. The van der Waals surface area contributed by atoms with E-state index < -0.39 is 0 Å². The zero-order chi connectivity index (χ0) is 18.4. The van der Waals surface area contributed by atoms with Gasteiger partial charge >= 0.3 is 0 Å². The normalized spacial score (nSPS) is 21.5. The van der Waals surface area contributed by atoms with E-state index in [-0.39, 0.29) is 0 Å². The van der Waals surface area contributed by atoms with Gasteiger partial charge in [-0.2, -0.15) is 0 Å². The summed E-state index contributed by atoms with van der Waals surface area (Å²) in [5.41, 5.74) is 3.82. The van der Waals surface area contributed by atoms with Crippen LogP contribution in [0.1, 0.15) is 76.7 Å². The molecule has 1 saturated carbocycles.